The van der Waals surface area contributed by atoms with Gasteiger partial charge in [0, 0.05) is 37.0 Å². The van der Waals surface area contributed by atoms with Gasteiger partial charge in [0.2, 0.25) is 11.9 Å². The SMILES string of the molecule is Cc1nn(CC(F)(F)F)cc1Nc1ncc(C2CC2)c(NCCCNC(=O)C2CCC2)n1. The zero-order valence-electron chi connectivity index (χ0n) is 18.0. The number of nitrogens with zero attached hydrogens (tertiary/aromatic N) is 4. The standard InChI is InChI=1S/C21H28F3N7O/c1-13-17(11-31(30-13)12-21(22,23)24)28-20-27-10-16(14-6-7-14)18(29-20)25-8-3-9-26-19(32)15-4-2-5-15/h10-11,14-15H,2-9,12H2,1H3,(H,26,32)(H2,25,27,28,29). The van der Waals surface area contributed by atoms with Gasteiger partial charge in [-0.3, -0.25) is 9.48 Å². The van der Waals surface area contributed by atoms with Crippen LogP contribution in [0.2, 0.25) is 0 Å². The van der Waals surface area contributed by atoms with Crippen LogP contribution in [0.25, 0.3) is 0 Å². The van der Waals surface area contributed by atoms with E-state index in [2.05, 4.69) is 31.0 Å². The number of carbonyl (C=O) groups excluding carboxylic acids is 1. The predicted molar refractivity (Wildman–Crippen MR) is 114 cm³/mol. The average molecular weight is 451 g/mol. The maximum absolute atomic E-state index is 12.6. The molecule has 11 heteroatoms. The molecule has 2 aromatic rings. The molecule has 0 aromatic carbocycles. The number of anilines is 3. The molecule has 0 aliphatic heterocycles. The van der Waals surface area contributed by atoms with Crippen LogP contribution in [0.15, 0.2) is 12.4 Å². The Hall–Kier alpha value is -2.85. The second-order valence-corrected chi connectivity index (χ2v) is 8.54. The van der Waals surface area contributed by atoms with Crippen LogP contribution in [0, 0.1) is 12.8 Å². The summed E-state index contributed by atoms with van der Waals surface area (Å²) in [5.74, 6) is 1.77. The molecule has 0 spiro atoms. The normalized spacial score (nSPS) is 16.5. The van der Waals surface area contributed by atoms with Gasteiger partial charge in [0.25, 0.3) is 0 Å². The lowest BCUT2D eigenvalue weighted by Crippen LogP contribution is -2.35. The van der Waals surface area contributed by atoms with Crippen molar-refractivity contribution in [2.24, 2.45) is 5.92 Å². The summed E-state index contributed by atoms with van der Waals surface area (Å²) < 4.78 is 38.7. The van der Waals surface area contributed by atoms with Crippen molar-refractivity contribution in [1.29, 1.82) is 0 Å². The molecule has 3 N–H and O–H groups in total. The van der Waals surface area contributed by atoms with Crippen LogP contribution in [-0.4, -0.2) is 44.9 Å². The highest BCUT2D eigenvalue weighted by Crippen LogP contribution is 2.42. The van der Waals surface area contributed by atoms with E-state index in [0.29, 0.717) is 36.3 Å². The molecule has 2 aliphatic rings. The molecule has 0 saturated heterocycles. The van der Waals surface area contributed by atoms with E-state index in [1.807, 2.05) is 0 Å². The highest BCUT2D eigenvalue weighted by atomic mass is 19.4. The van der Waals surface area contributed by atoms with Gasteiger partial charge in [0.15, 0.2) is 0 Å². The van der Waals surface area contributed by atoms with Crippen LogP contribution in [0.4, 0.5) is 30.6 Å². The quantitative estimate of drug-likeness (QED) is 0.475. The van der Waals surface area contributed by atoms with Crippen molar-refractivity contribution in [2.75, 3.05) is 23.7 Å². The van der Waals surface area contributed by atoms with Crippen molar-refractivity contribution >= 4 is 23.4 Å². The summed E-state index contributed by atoms with van der Waals surface area (Å²) in [5, 5.41) is 13.2. The van der Waals surface area contributed by atoms with Crippen LogP contribution in [-0.2, 0) is 11.3 Å². The van der Waals surface area contributed by atoms with Gasteiger partial charge in [-0.1, -0.05) is 6.42 Å². The fourth-order valence-corrected chi connectivity index (χ4v) is 3.63. The van der Waals surface area contributed by atoms with E-state index in [0.717, 1.165) is 54.6 Å². The molecule has 0 radical (unpaired) electrons. The predicted octanol–water partition coefficient (Wildman–Crippen LogP) is 3.88. The number of aromatic nitrogens is 4. The van der Waals surface area contributed by atoms with E-state index < -0.39 is 12.7 Å². The molecule has 0 unspecified atom stereocenters. The Morgan fingerprint density at radius 1 is 1.22 bits per heavy atom. The molecule has 174 valence electrons. The van der Waals surface area contributed by atoms with Gasteiger partial charge in [-0.15, -0.1) is 0 Å². The van der Waals surface area contributed by atoms with Crippen molar-refractivity contribution in [2.45, 2.75) is 64.1 Å². The number of hydrogen-bond donors (Lipinski definition) is 3. The minimum atomic E-state index is -4.34. The highest BCUT2D eigenvalue weighted by molar-refractivity contribution is 5.79. The Kier molecular flexibility index (Phi) is 6.52. The number of halogens is 3. The number of nitrogens with one attached hydrogen (secondary N) is 3. The van der Waals surface area contributed by atoms with Crippen LogP contribution in [0.1, 0.15) is 55.7 Å². The third-order valence-corrected chi connectivity index (χ3v) is 5.79. The molecule has 2 saturated carbocycles. The summed E-state index contributed by atoms with van der Waals surface area (Å²) in [5.41, 5.74) is 1.90. The molecule has 32 heavy (non-hydrogen) atoms. The molecule has 2 heterocycles. The Morgan fingerprint density at radius 2 is 2.00 bits per heavy atom. The third-order valence-electron chi connectivity index (χ3n) is 5.79. The van der Waals surface area contributed by atoms with E-state index in [4.69, 9.17) is 0 Å². The summed E-state index contributed by atoms with van der Waals surface area (Å²) in [4.78, 5) is 20.8. The highest BCUT2D eigenvalue weighted by Gasteiger charge is 2.30. The lowest BCUT2D eigenvalue weighted by atomic mass is 9.85. The zero-order chi connectivity index (χ0) is 22.7. The first-order valence-corrected chi connectivity index (χ1v) is 11.0. The Labute approximate surface area is 184 Å². The molecule has 0 bridgehead atoms. The molecule has 0 atom stereocenters. The first-order valence-electron chi connectivity index (χ1n) is 11.0. The van der Waals surface area contributed by atoms with E-state index >= 15 is 0 Å². The van der Waals surface area contributed by atoms with Crippen molar-refractivity contribution in [3.8, 4) is 0 Å². The average Bonchev–Trinajstić information content (AvgIpc) is 3.44. The summed E-state index contributed by atoms with van der Waals surface area (Å²) >= 11 is 0. The zero-order valence-corrected chi connectivity index (χ0v) is 18.0. The third kappa shape index (κ3) is 5.89. The van der Waals surface area contributed by atoms with Gasteiger partial charge in [0.05, 0.1) is 11.4 Å². The van der Waals surface area contributed by atoms with Crippen LogP contribution < -0.4 is 16.0 Å². The van der Waals surface area contributed by atoms with Gasteiger partial charge < -0.3 is 16.0 Å². The second kappa shape index (κ2) is 9.33. The smallest absolute Gasteiger partial charge is 0.370 e. The topological polar surface area (TPSA) is 96.8 Å². The number of rotatable bonds is 10. The summed E-state index contributed by atoms with van der Waals surface area (Å²) in [6.45, 7) is 1.73. The monoisotopic (exact) mass is 451 g/mol. The minimum absolute atomic E-state index is 0.143. The Morgan fingerprint density at radius 3 is 2.66 bits per heavy atom. The largest absolute Gasteiger partial charge is 0.408 e. The van der Waals surface area contributed by atoms with Crippen molar-refractivity contribution in [1.82, 2.24) is 25.1 Å². The summed E-state index contributed by atoms with van der Waals surface area (Å²) in [7, 11) is 0. The van der Waals surface area contributed by atoms with Gasteiger partial charge in [-0.25, -0.2) is 4.98 Å². The minimum Gasteiger partial charge on any atom is -0.370 e. The van der Waals surface area contributed by atoms with Crippen LogP contribution in [0.5, 0.6) is 0 Å². The van der Waals surface area contributed by atoms with Crippen LogP contribution in [0.3, 0.4) is 0 Å². The van der Waals surface area contributed by atoms with Crippen LogP contribution >= 0.6 is 0 Å². The van der Waals surface area contributed by atoms with E-state index in [1.54, 1.807) is 13.1 Å². The Balaban J connectivity index is 1.35. The van der Waals surface area contributed by atoms with Crippen molar-refractivity contribution in [3.63, 3.8) is 0 Å². The molecule has 2 aromatic heterocycles. The first kappa shape index (κ1) is 22.3. The number of hydrogen-bond acceptors (Lipinski definition) is 6. The maximum Gasteiger partial charge on any atom is 0.408 e. The molecule has 2 fully saturated rings. The molecule has 8 nitrogen and oxygen atoms in total. The molecule has 4 rings (SSSR count). The van der Waals surface area contributed by atoms with E-state index in [9.17, 15) is 18.0 Å². The number of amides is 1. The number of aryl methyl sites for hydroxylation is 1. The molecular formula is C21H28F3N7O. The second-order valence-electron chi connectivity index (χ2n) is 8.54. The first-order chi connectivity index (χ1) is 15.3. The summed E-state index contributed by atoms with van der Waals surface area (Å²) in [6, 6.07) is 0. The van der Waals surface area contributed by atoms with E-state index in [1.165, 1.54) is 6.20 Å². The lowest BCUT2D eigenvalue weighted by Gasteiger charge is -2.24. The van der Waals surface area contributed by atoms with Gasteiger partial charge in [-0.05, 0) is 44.9 Å². The van der Waals surface area contributed by atoms with Gasteiger partial charge >= 0.3 is 6.18 Å². The fraction of sp³-hybridized carbons (Fsp3) is 0.619. The Bertz CT molecular complexity index is 951. The van der Waals surface area contributed by atoms with Crippen molar-refractivity contribution < 1.29 is 18.0 Å². The molecule has 1 amide bonds. The van der Waals surface area contributed by atoms with Crippen molar-refractivity contribution in [3.05, 3.63) is 23.7 Å². The fourth-order valence-electron chi connectivity index (χ4n) is 3.63. The van der Waals surface area contributed by atoms with Gasteiger partial charge in [0.1, 0.15) is 12.4 Å². The molecule has 2 aliphatic carbocycles. The maximum atomic E-state index is 12.6. The lowest BCUT2D eigenvalue weighted by molar-refractivity contribution is -0.142. The number of carbonyl (C=O) groups is 1. The van der Waals surface area contributed by atoms with E-state index in [-0.39, 0.29) is 11.8 Å². The number of alkyl halides is 3. The summed E-state index contributed by atoms with van der Waals surface area (Å²) in [6.07, 6.45) is 4.78. The van der Waals surface area contributed by atoms with Gasteiger partial charge in [-0.2, -0.15) is 23.3 Å². The molecular weight excluding hydrogens is 423 g/mol.